The Morgan fingerprint density at radius 3 is 2.50 bits per heavy atom. The molecule has 0 saturated heterocycles. The number of thiophene rings is 1. The number of carbonyl (C=O) groups excluding carboxylic acids is 1. The highest BCUT2D eigenvalue weighted by molar-refractivity contribution is 7.10. The summed E-state index contributed by atoms with van der Waals surface area (Å²) >= 11 is 1.56. The molecular weight excluding hydrogens is 373 g/mol. The smallest absolute Gasteiger partial charge is 0.252 e. The van der Waals surface area contributed by atoms with Crippen LogP contribution in [0.4, 0.5) is 10.1 Å². The van der Waals surface area contributed by atoms with Gasteiger partial charge < -0.3 is 5.32 Å². The molecule has 2 aromatic carbocycles. The topological polar surface area (TPSA) is 44.7 Å². The number of nitrogens with one attached hydrogen (secondary N) is 1. The van der Waals surface area contributed by atoms with Crippen LogP contribution < -0.4 is 10.3 Å². The molecule has 0 bridgehead atoms. The van der Waals surface area contributed by atoms with E-state index in [2.05, 4.69) is 10.4 Å². The highest BCUT2D eigenvalue weighted by Gasteiger charge is 2.19. The fourth-order valence-electron chi connectivity index (χ4n) is 3.19. The molecule has 0 saturated carbocycles. The first-order valence-electron chi connectivity index (χ1n) is 9.11. The summed E-state index contributed by atoms with van der Waals surface area (Å²) in [7, 11) is 0. The van der Waals surface area contributed by atoms with Crippen LogP contribution in [-0.2, 0) is 0 Å². The van der Waals surface area contributed by atoms with Crippen molar-refractivity contribution in [3.05, 3.63) is 87.9 Å². The van der Waals surface area contributed by atoms with Gasteiger partial charge in [0.2, 0.25) is 0 Å². The Hall–Kier alpha value is -2.99. The number of benzene rings is 2. The molecule has 0 radical (unpaired) electrons. The third kappa shape index (κ3) is 3.97. The van der Waals surface area contributed by atoms with E-state index in [0.29, 0.717) is 5.56 Å². The van der Waals surface area contributed by atoms with Crippen molar-refractivity contribution in [2.24, 2.45) is 5.10 Å². The predicted octanol–water partition coefficient (Wildman–Crippen LogP) is 4.99. The first kappa shape index (κ1) is 18.4. The highest BCUT2D eigenvalue weighted by Crippen LogP contribution is 2.27. The maximum Gasteiger partial charge on any atom is 0.252 e. The van der Waals surface area contributed by atoms with E-state index in [4.69, 9.17) is 0 Å². The Balaban J connectivity index is 1.54. The number of halogens is 1. The molecular formula is C22H20FN3OS. The molecule has 4 rings (SSSR count). The van der Waals surface area contributed by atoms with E-state index in [-0.39, 0.29) is 17.8 Å². The van der Waals surface area contributed by atoms with Gasteiger partial charge in [-0.3, -0.25) is 9.80 Å². The minimum atomic E-state index is -0.321. The Morgan fingerprint density at radius 2 is 1.89 bits per heavy atom. The summed E-state index contributed by atoms with van der Waals surface area (Å²) in [5, 5.41) is 11.5. The number of carbonyl (C=O) groups is 1. The highest BCUT2D eigenvalue weighted by atomic mass is 32.1. The lowest BCUT2D eigenvalue weighted by molar-refractivity contribution is 0.0943. The molecule has 142 valence electrons. The molecule has 1 aromatic heterocycles. The summed E-state index contributed by atoms with van der Waals surface area (Å²) in [6, 6.07) is 17.3. The maximum atomic E-state index is 13.3. The van der Waals surface area contributed by atoms with Gasteiger partial charge in [-0.1, -0.05) is 18.2 Å². The molecule has 4 nitrogen and oxygen atoms in total. The molecule has 1 atom stereocenters. The molecule has 0 spiro atoms. The summed E-state index contributed by atoms with van der Waals surface area (Å²) < 4.78 is 13.3. The largest absolute Gasteiger partial charge is 0.340 e. The van der Waals surface area contributed by atoms with E-state index < -0.39 is 0 Å². The fraction of sp³-hybridized carbons (Fsp3) is 0.182. The zero-order valence-corrected chi connectivity index (χ0v) is 16.2. The van der Waals surface area contributed by atoms with Gasteiger partial charge in [0, 0.05) is 29.1 Å². The monoisotopic (exact) mass is 393 g/mol. The van der Waals surface area contributed by atoms with Crippen LogP contribution >= 0.6 is 11.3 Å². The second kappa shape index (κ2) is 7.94. The zero-order chi connectivity index (χ0) is 19.5. The molecule has 1 amide bonds. The van der Waals surface area contributed by atoms with Crippen LogP contribution in [0.2, 0.25) is 0 Å². The lowest BCUT2D eigenvalue weighted by Crippen LogP contribution is -2.28. The number of hydrazone groups is 1. The van der Waals surface area contributed by atoms with E-state index in [0.717, 1.165) is 34.8 Å². The van der Waals surface area contributed by atoms with Crippen molar-refractivity contribution in [1.29, 1.82) is 0 Å². The number of hydrogen-bond acceptors (Lipinski definition) is 4. The summed E-state index contributed by atoms with van der Waals surface area (Å²) in [4.78, 5) is 13.9. The lowest BCUT2D eigenvalue weighted by atomic mass is 10.0. The van der Waals surface area contributed by atoms with Crippen molar-refractivity contribution in [1.82, 2.24) is 5.32 Å². The molecule has 6 heteroatoms. The number of amides is 1. The summed E-state index contributed by atoms with van der Waals surface area (Å²) in [6.07, 6.45) is 0.961. The molecule has 1 aliphatic rings. The van der Waals surface area contributed by atoms with E-state index in [1.165, 1.54) is 12.1 Å². The Morgan fingerprint density at radius 1 is 1.14 bits per heavy atom. The van der Waals surface area contributed by atoms with Gasteiger partial charge in [-0.15, -0.1) is 11.3 Å². The van der Waals surface area contributed by atoms with Gasteiger partial charge in [-0.05, 0) is 60.3 Å². The van der Waals surface area contributed by atoms with Gasteiger partial charge in [-0.2, -0.15) is 5.10 Å². The van der Waals surface area contributed by atoms with Crippen molar-refractivity contribution < 1.29 is 9.18 Å². The molecule has 28 heavy (non-hydrogen) atoms. The SMILES string of the molecule is CC1=NN(c2ccc(C(=O)NC(c3ccc(F)cc3)c3cccs3)cc2)CC1. The van der Waals surface area contributed by atoms with Gasteiger partial charge in [0.1, 0.15) is 5.82 Å². The van der Waals surface area contributed by atoms with Crippen LogP contribution in [0.5, 0.6) is 0 Å². The predicted molar refractivity (Wildman–Crippen MR) is 112 cm³/mol. The Labute approximate surface area is 167 Å². The molecule has 1 unspecified atom stereocenters. The number of rotatable bonds is 5. The van der Waals surface area contributed by atoms with Gasteiger partial charge in [0.05, 0.1) is 11.7 Å². The van der Waals surface area contributed by atoms with Gasteiger partial charge in [0.25, 0.3) is 5.91 Å². The van der Waals surface area contributed by atoms with Crippen molar-refractivity contribution in [2.75, 3.05) is 11.6 Å². The van der Waals surface area contributed by atoms with Crippen LogP contribution in [0.1, 0.15) is 40.2 Å². The standard InChI is InChI=1S/C22H20FN3OS/c1-15-12-13-26(25-15)19-10-6-17(7-11-19)22(27)24-21(20-3-2-14-28-20)16-4-8-18(23)9-5-16/h2-11,14,21H,12-13H2,1H3,(H,24,27). The van der Waals surface area contributed by atoms with Crippen molar-refractivity contribution >= 4 is 28.6 Å². The third-order valence-electron chi connectivity index (χ3n) is 4.71. The molecule has 0 fully saturated rings. The van der Waals surface area contributed by atoms with E-state index in [9.17, 15) is 9.18 Å². The maximum absolute atomic E-state index is 13.3. The van der Waals surface area contributed by atoms with Crippen LogP contribution in [0.25, 0.3) is 0 Å². The number of anilines is 1. The van der Waals surface area contributed by atoms with Crippen LogP contribution in [-0.4, -0.2) is 18.2 Å². The van der Waals surface area contributed by atoms with Gasteiger partial charge in [-0.25, -0.2) is 4.39 Å². The minimum Gasteiger partial charge on any atom is -0.340 e. The van der Waals surface area contributed by atoms with E-state index in [1.807, 2.05) is 53.7 Å². The normalized spacial score (nSPS) is 14.6. The third-order valence-corrected chi connectivity index (χ3v) is 5.65. The van der Waals surface area contributed by atoms with Crippen LogP contribution in [0.3, 0.4) is 0 Å². The fourth-order valence-corrected chi connectivity index (χ4v) is 3.99. The summed E-state index contributed by atoms with van der Waals surface area (Å²) in [5.41, 5.74) is 3.50. The van der Waals surface area contributed by atoms with Crippen molar-refractivity contribution in [3.8, 4) is 0 Å². The average molecular weight is 393 g/mol. The second-order valence-electron chi connectivity index (χ2n) is 6.73. The minimum absolute atomic E-state index is 0.171. The first-order valence-corrected chi connectivity index (χ1v) is 9.99. The van der Waals surface area contributed by atoms with Gasteiger partial charge >= 0.3 is 0 Å². The quantitative estimate of drug-likeness (QED) is 0.663. The van der Waals surface area contributed by atoms with Gasteiger partial charge in [0.15, 0.2) is 0 Å². The van der Waals surface area contributed by atoms with Crippen LogP contribution in [0, 0.1) is 5.82 Å². The van der Waals surface area contributed by atoms with Crippen molar-refractivity contribution in [3.63, 3.8) is 0 Å². The molecule has 1 N–H and O–H groups in total. The Bertz CT molecular complexity index is 982. The van der Waals surface area contributed by atoms with E-state index >= 15 is 0 Å². The Kier molecular flexibility index (Phi) is 5.21. The number of hydrogen-bond donors (Lipinski definition) is 1. The lowest BCUT2D eigenvalue weighted by Gasteiger charge is -2.19. The van der Waals surface area contributed by atoms with E-state index in [1.54, 1.807) is 23.5 Å². The van der Waals surface area contributed by atoms with Crippen molar-refractivity contribution in [2.45, 2.75) is 19.4 Å². The van der Waals surface area contributed by atoms with Crippen LogP contribution in [0.15, 0.2) is 71.1 Å². The molecule has 1 aliphatic heterocycles. The zero-order valence-electron chi connectivity index (χ0n) is 15.4. The second-order valence-corrected chi connectivity index (χ2v) is 7.71. The number of nitrogens with zero attached hydrogens (tertiary/aromatic N) is 2. The first-order chi connectivity index (χ1) is 13.6. The summed E-state index contributed by atoms with van der Waals surface area (Å²) in [5.74, 6) is -0.467. The average Bonchev–Trinajstić information content (AvgIpc) is 3.39. The summed E-state index contributed by atoms with van der Waals surface area (Å²) in [6.45, 7) is 2.88. The molecule has 0 aliphatic carbocycles. The molecule has 3 aromatic rings. The molecule has 2 heterocycles.